The topological polar surface area (TPSA) is 42.2 Å². The Balaban J connectivity index is 1.50. The summed E-state index contributed by atoms with van der Waals surface area (Å²) in [5, 5.41) is 4.31. The van der Waals surface area contributed by atoms with E-state index in [1.165, 1.54) is 42.7 Å². The van der Waals surface area contributed by atoms with Crippen molar-refractivity contribution >= 4 is 11.3 Å². The average molecular weight is 319 g/mol. The van der Waals surface area contributed by atoms with E-state index in [1.807, 2.05) is 5.51 Å². The van der Waals surface area contributed by atoms with Crippen LogP contribution in [0.5, 0.6) is 0 Å². The van der Waals surface area contributed by atoms with Gasteiger partial charge in [0, 0.05) is 23.4 Å². The quantitative estimate of drug-likeness (QED) is 0.801. The molecule has 2 aromatic heterocycles. The molecule has 4 nitrogen and oxygen atoms in total. The average Bonchev–Trinajstić information content (AvgIpc) is 3.15. The maximum atomic E-state index is 5.55. The fourth-order valence-electron chi connectivity index (χ4n) is 3.20. The van der Waals surface area contributed by atoms with Crippen LogP contribution in [0.15, 0.2) is 16.1 Å². The molecular formula is C17H25N3OS. The van der Waals surface area contributed by atoms with Gasteiger partial charge in [0.15, 0.2) is 5.76 Å². The number of rotatable bonds is 6. The third-order valence-electron chi connectivity index (χ3n) is 4.59. The molecule has 1 saturated carbocycles. The van der Waals surface area contributed by atoms with Crippen LogP contribution in [0.25, 0.3) is 0 Å². The van der Waals surface area contributed by atoms with Crippen molar-refractivity contribution in [2.24, 2.45) is 0 Å². The van der Waals surface area contributed by atoms with Gasteiger partial charge < -0.3 is 4.52 Å². The Morgan fingerprint density at radius 2 is 2.14 bits per heavy atom. The standard InChI is InChI=1S/C17H25N3OS/c1-13-17(22-12-18-13)8-9-20(2)11-15-10-16(19-21-15)14-6-4-3-5-7-14/h10,12,14H,3-9,11H2,1-2H3. The first-order valence-corrected chi connectivity index (χ1v) is 9.13. The first kappa shape index (κ1) is 15.7. The Hall–Kier alpha value is -1.20. The molecule has 0 spiro atoms. The Bertz CT molecular complexity index is 586. The molecule has 0 radical (unpaired) electrons. The largest absolute Gasteiger partial charge is 0.360 e. The molecule has 2 aromatic rings. The highest BCUT2D eigenvalue weighted by molar-refractivity contribution is 7.09. The summed E-state index contributed by atoms with van der Waals surface area (Å²) < 4.78 is 5.55. The molecule has 0 atom stereocenters. The van der Waals surface area contributed by atoms with E-state index < -0.39 is 0 Å². The number of aromatic nitrogens is 2. The van der Waals surface area contributed by atoms with Crippen LogP contribution in [0.4, 0.5) is 0 Å². The zero-order chi connectivity index (χ0) is 15.4. The number of hydrogen-bond acceptors (Lipinski definition) is 5. The zero-order valence-corrected chi connectivity index (χ0v) is 14.4. The van der Waals surface area contributed by atoms with E-state index in [0.29, 0.717) is 5.92 Å². The van der Waals surface area contributed by atoms with E-state index >= 15 is 0 Å². The molecule has 22 heavy (non-hydrogen) atoms. The lowest BCUT2D eigenvalue weighted by Crippen LogP contribution is -2.20. The van der Waals surface area contributed by atoms with Crippen molar-refractivity contribution in [2.75, 3.05) is 13.6 Å². The highest BCUT2D eigenvalue weighted by atomic mass is 32.1. The number of aryl methyl sites for hydroxylation is 1. The van der Waals surface area contributed by atoms with Crippen LogP contribution in [0.2, 0.25) is 0 Å². The molecule has 1 aliphatic carbocycles. The molecule has 1 aliphatic rings. The van der Waals surface area contributed by atoms with Crippen molar-refractivity contribution in [1.82, 2.24) is 15.0 Å². The van der Waals surface area contributed by atoms with E-state index in [9.17, 15) is 0 Å². The number of nitrogens with zero attached hydrogens (tertiary/aromatic N) is 3. The van der Waals surface area contributed by atoms with Gasteiger partial charge in [-0.15, -0.1) is 11.3 Å². The van der Waals surface area contributed by atoms with Crippen molar-refractivity contribution in [3.8, 4) is 0 Å². The molecule has 120 valence electrons. The Kier molecular flexibility index (Phi) is 5.26. The number of likely N-dealkylation sites (N-methyl/N-ethyl adjacent to an activating group) is 1. The van der Waals surface area contributed by atoms with Crippen LogP contribution >= 0.6 is 11.3 Å². The second-order valence-electron chi connectivity index (χ2n) is 6.40. The van der Waals surface area contributed by atoms with E-state index in [-0.39, 0.29) is 0 Å². The van der Waals surface area contributed by atoms with Gasteiger partial charge in [-0.25, -0.2) is 4.98 Å². The van der Waals surface area contributed by atoms with Crippen molar-refractivity contribution in [3.63, 3.8) is 0 Å². The van der Waals surface area contributed by atoms with Crippen molar-refractivity contribution < 1.29 is 4.52 Å². The predicted molar refractivity (Wildman–Crippen MR) is 89.2 cm³/mol. The normalized spacial score (nSPS) is 16.5. The lowest BCUT2D eigenvalue weighted by Gasteiger charge is -2.18. The summed E-state index contributed by atoms with van der Waals surface area (Å²) in [4.78, 5) is 7.98. The Morgan fingerprint density at radius 3 is 2.86 bits per heavy atom. The summed E-state index contributed by atoms with van der Waals surface area (Å²) >= 11 is 1.75. The summed E-state index contributed by atoms with van der Waals surface area (Å²) in [6.07, 6.45) is 7.64. The van der Waals surface area contributed by atoms with Gasteiger partial charge in [-0.1, -0.05) is 24.4 Å². The van der Waals surface area contributed by atoms with E-state index in [2.05, 4.69) is 35.1 Å². The van der Waals surface area contributed by atoms with Crippen LogP contribution in [0.1, 0.15) is 60.0 Å². The summed E-state index contributed by atoms with van der Waals surface area (Å²) in [7, 11) is 2.14. The second-order valence-corrected chi connectivity index (χ2v) is 7.34. The summed E-state index contributed by atoms with van der Waals surface area (Å²) in [5.41, 5.74) is 4.26. The molecule has 0 bridgehead atoms. The summed E-state index contributed by atoms with van der Waals surface area (Å²) in [6, 6.07) is 2.17. The molecule has 1 fully saturated rings. The van der Waals surface area contributed by atoms with E-state index in [1.54, 1.807) is 11.3 Å². The van der Waals surface area contributed by atoms with Gasteiger partial charge in [0.25, 0.3) is 0 Å². The van der Waals surface area contributed by atoms with E-state index in [4.69, 9.17) is 4.52 Å². The number of hydrogen-bond donors (Lipinski definition) is 0. The van der Waals surface area contributed by atoms with Crippen LogP contribution in [-0.4, -0.2) is 28.6 Å². The Morgan fingerprint density at radius 1 is 1.32 bits per heavy atom. The van der Waals surface area contributed by atoms with Crippen molar-refractivity contribution in [2.45, 2.75) is 57.9 Å². The van der Waals surface area contributed by atoms with Crippen molar-refractivity contribution in [1.29, 1.82) is 0 Å². The van der Waals surface area contributed by atoms with Gasteiger partial charge in [-0.05, 0) is 33.2 Å². The fraction of sp³-hybridized carbons (Fsp3) is 0.647. The smallest absolute Gasteiger partial charge is 0.150 e. The molecule has 0 N–H and O–H groups in total. The maximum Gasteiger partial charge on any atom is 0.150 e. The molecule has 0 amide bonds. The maximum absolute atomic E-state index is 5.55. The van der Waals surface area contributed by atoms with Gasteiger partial charge >= 0.3 is 0 Å². The SMILES string of the molecule is Cc1ncsc1CCN(C)Cc1cc(C2CCCCC2)no1. The minimum atomic E-state index is 0.622. The first-order valence-electron chi connectivity index (χ1n) is 8.25. The van der Waals surface area contributed by atoms with Gasteiger partial charge in [0.05, 0.1) is 23.4 Å². The third kappa shape index (κ3) is 3.96. The van der Waals surface area contributed by atoms with Gasteiger partial charge in [-0.3, -0.25) is 4.90 Å². The van der Waals surface area contributed by atoms with Gasteiger partial charge in [-0.2, -0.15) is 0 Å². The molecule has 0 unspecified atom stereocenters. The minimum absolute atomic E-state index is 0.622. The first-order chi connectivity index (χ1) is 10.7. The molecular weight excluding hydrogens is 294 g/mol. The highest BCUT2D eigenvalue weighted by Gasteiger charge is 2.19. The number of thiazole rings is 1. The van der Waals surface area contributed by atoms with Crippen LogP contribution in [0.3, 0.4) is 0 Å². The molecule has 0 aromatic carbocycles. The summed E-state index contributed by atoms with van der Waals surface area (Å²) in [5.74, 6) is 1.61. The highest BCUT2D eigenvalue weighted by Crippen LogP contribution is 2.32. The summed E-state index contributed by atoms with van der Waals surface area (Å²) in [6.45, 7) is 3.93. The molecule has 0 aliphatic heterocycles. The fourth-order valence-corrected chi connectivity index (χ4v) is 3.97. The molecule has 2 heterocycles. The van der Waals surface area contributed by atoms with E-state index in [0.717, 1.165) is 31.0 Å². The second kappa shape index (κ2) is 7.38. The molecule has 5 heteroatoms. The predicted octanol–water partition coefficient (Wildman–Crippen LogP) is 4.16. The van der Waals surface area contributed by atoms with Crippen LogP contribution < -0.4 is 0 Å². The molecule has 3 rings (SSSR count). The monoisotopic (exact) mass is 319 g/mol. The zero-order valence-electron chi connectivity index (χ0n) is 13.5. The molecule has 0 saturated heterocycles. The van der Waals surface area contributed by atoms with Crippen molar-refractivity contribution in [3.05, 3.63) is 33.6 Å². The Labute approximate surface area is 136 Å². The van der Waals surface area contributed by atoms with Gasteiger partial charge in [0.1, 0.15) is 0 Å². The van der Waals surface area contributed by atoms with Gasteiger partial charge in [0.2, 0.25) is 0 Å². The lowest BCUT2D eigenvalue weighted by molar-refractivity contribution is 0.272. The third-order valence-corrected chi connectivity index (χ3v) is 5.59. The minimum Gasteiger partial charge on any atom is -0.360 e. The van der Waals surface area contributed by atoms with Crippen LogP contribution in [-0.2, 0) is 13.0 Å². The van der Waals surface area contributed by atoms with Crippen LogP contribution in [0, 0.1) is 6.92 Å². The lowest BCUT2D eigenvalue weighted by atomic mass is 9.87.